The minimum absolute atomic E-state index is 0.191. The van der Waals surface area contributed by atoms with Crippen molar-refractivity contribution in [1.82, 2.24) is 0 Å². The van der Waals surface area contributed by atoms with Crippen molar-refractivity contribution in [3.05, 3.63) is 48.0 Å². The molecule has 0 saturated heterocycles. The first kappa shape index (κ1) is 44.7. The van der Waals surface area contributed by atoms with Crippen LogP contribution in [-0.4, -0.2) is 24.5 Å². The molecule has 0 bridgehead atoms. The number of rotatable bonds is 36. The molecule has 0 radical (unpaired) electrons. The van der Waals surface area contributed by atoms with Gasteiger partial charge < -0.3 is 14.6 Å². The van der Waals surface area contributed by atoms with Gasteiger partial charge in [-0.15, -0.1) is 0 Å². The van der Waals surface area contributed by atoms with E-state index in [1.165, 1.54) is 180 Å². The van der Waals surface area contributed by atoms with Crippen molar-refractivity contribution in [2.45, 2.75) is 206 Å². The number of aliphatic imine (C=N–C) groups is 1. The molecule has 1 N–H and O–H groups in total. The predicted octanol–water partition coefficient (Wildman–Crippen LogP) is 15.6. The van der Waals surface area contributed by atoms with Crippen LogP contribution in [0.5, 0.6) is 17.2 Å². The van der Waals surface area contributed by atoms with E-state index < -0.39 is 0 Å². The molecule has 51 heavy (non-hydrogen) atoms. The maximum Gasteiger partial charge on any atom is 0.128 e. The van der Waals surface area contributed by atoms with Crippen LogP contribution >= 0.6 is 0 Å². The van der Waals surface area contributed by atoms with Crippen molar-refractivity contribution >= 4 is 11.9 Å². The molecule has 0 aliphatic rings. The Kier molecular flexibility index (Phi) is 29.2. The number of hydrogen-bond acceptors (Lipinski definition) is 4. The lowest BCUT2D eigenvalue weighted by molar-refractivity contribution is 0.302. The summed E-state index contributed by atoms with van der Waals surface area (Å²) in [7, 11) is 0. The van der Waals surface area contributed by atoms with E-state index in [1.54, 1.807) is 12.3 Å². The highest BCUT2D eigenvalue weighted by Gasteiger charge is 2.03. The molecule has 290 valence electrons. The molecule has 0 fully saturated rings. The van der Waals surface area contributed by atoms with Crippen molar-refractivity contribution in [2.24, 2.45) is 4.99 Å². The van der Waals surface area contributed by atoms with Crippen LogP contribution in [0.25, 0.3) is 0 Å². The van der Waals surface area contributed by atoms with Crippen molar-refractivity contribution < 1.29 is 14.6 Å². The third-order valence-electron chi connectivity index (χ3n) is 10.2. The maximum atomic E-state index is 10.5. The Labute approximate surface area is 315 Å². The molecular formula is C47H79NO3. The monoisotopic (exact) mass is 706 g/mol. The Hall–Kier alpha value is -2.49. The molecule has 0 amide bonds. The zero-order chi connectivity index (χ0) is 36.3. The van der Waals surface area contributed by atoms with Gasteiger partial charge in [-0.2, -0.15) is 0 Å². The summed E-state index contributed by atoms with van der Waals surface area (Å²) < 4.78 is 11.9. The molecule has 4 nitrogen and oxygen atoms in total. The summed E-state index contributed by atoms with van der Waals surface area (Å²) in [5.74, 6) is 1.79. The molecule has 2 aromatic rings. The van der Waals surface area contributed by atoms with Gasteiger partial charge in [0.05, 0.1) is 18.9 Å². The van der Waals surface area contributed by atoms with Crippen LogP contribution in [0.1, 0.15) is 212 Å². The van der Waals surface area contributed by atoms with Crippen molar-refractivity contribution in [2.75, 3.05) is 13.2 Å². The fourth-order valence-corrected chi connectivity index (χ4v) is 6.82. The van der Waals surface area contributed by atoms with E-state index in [4.69, 9.17) is 9.47 Å². The summed E-state index contributed by atoms with van der Waals surface area (Å²) >= 11 is 0. The number of ether oxygens (including phenoxy) is 2. The summed E-state index contributed by atoms with van der Waals surface area (Å²) in [5.41, 5.74) is 1.52. The second-order valence-corrected chi connectivity index (χ2v) is 15.1. The van der Waals surface area contributed by atoms with Crippen molar-refractivity contribution in [3.63, 3.8) is 0 Å². The minimum Gasteiger partial charge on any atom is -0.507 e. The molecule has 0 aliphatic heterocycles. The van der Waals surface area contributed by atoms with E-state index in [9.17, 15) is 5.11 Å². The summed E-state index contributed by atoms with van der Waals surface area (Å²) in [6.45, 7) is 6.04. The Morgan fingerprint density at radius 1 is 0.431 bits per heavy atom. The average molecular weight is 706 g/mol. The highest BCUT2D eigenvalue weighted by atomic mass is 16.5. The smallest absolute Gasteiger partial charge is 0.128 e. The number of aromatic hydroxyl groups is 1. The number of benzene rings is 2. The minimum atomic E-state index is 0.191. The average Bonchev–Trinajstić information content (AvgIpc) is 3.14. The summed E-state index contributed by atoms with van der Waals surface area (Å²) in [6, 6.07) is 13.4. The van der Waals surface area contributed by atoms with E-state index in [-0.39, 0.29) is 5.75 Å². The molecular weight excluding hydrogens is 627 g/mol. The van der Waals surface area contributed by atoms with Gasteiger partial charge in [0, 0.05) is 17.8 Å². The van der Waals surface area contributed by atoms with Crippen LogP contribution in [0.15, 0.2) is 47.5 Å². The number of hydrogen-bond donors (Lipinski definition) is 1. The van der Waals surface area contributed by atoms with Crippen molar-refractivity contribution in [3.8, 4) is 17.2 Å². The van der Waals surface area contributed by atoms with Crippen molar-refractivity contribution in [1.29, 1.82) is 0 Å². The Balaban J connectivity index is 1.44. The molecule has 0 saturated carbocycles. The highest BCUT2D eigenvalue weighted by molar-refractivity contribution is 5.85. The fraction of sp³-hybridized carbons (Fsp3) is 0.723. The van der Waals surface area contributed by atoms with Gasteiger partial charge in [-0.05, 0) is 49.2 Å². The SMILES string of the molecule is CCCCCCCCCCCCCCCCCCOc1ccc(C=Nc2ccc(OCCCCCCCCCCCCCCCC)cc2)c(O)c1. The summed E-state index contributed by atoms with van der Waals surface area (Å²) in [5, 5.41) is 10.5. The molecule has 2 rings (SSSR count). The van der Waals surface area contributed by atoms with Gasteiger partial charge in [-0.3, -0.25) is 4.99 Å². The second kappa shape index (κ2) is 33.4. The lowest BCUT2D eigenvalue weighted by Gasteiger charge is -2.08. The van der Waals surface area contributed by atoms with Gasteiger partial charge >= 0.3 is 0 Å². The third kappa shape index (κ3) is 26.0. The zero-order valence-corrected chi connectivity index (χ0v) is 33.5. The number of unbranched alkanes of at least 4 members (excludes halogenated alkanes) is 28. The zero-order valence-electron chi connectivity index (χ0n) is 33.5. The normalized spacial score (nSPS) is 11.5. The molecule has 0 aliphatic carbocycles. The maximum absolute atomic E-state index is 10.5. The molecule has 0 unspecified atom stereocenters. The van der Waals surface area contributed by atoms with Gasteiger partial charge in [0.2, 0.25) is 0 Å². The van der Waals surface area contributed by atoms with E-state index in [0.717, 1.165) is 30.9 Å². The quantitative estimate of drug-likeness (QED) is 0.0567. The lowest BCUT2D eigenvalue weighted by atomic mass is 10.0. The fourth-order valence-electron chi connectivity index (χ4n) is 6.82. The van der Waals surface area contributed by atoms with E-state index in [0.29, 0.717) is 17.9 Å². The summed E-state index contributed by atoms with van der Waals surface area (Å²) in [6.07, 6.45) is 42.7. The molecule has 4 heteroatoms. The third-order valence-corrected chi connectivity index (χ3v) is 10.2. The first-order valence-corrected chi connectivity index (χ1v) is 22.0. The largest absolute Gasteiger partial charge is 0.507 e. The van der Waals surface area contributed by atoms with Gasteiger partial charge in [-0.25, -0.2) is 0 Å². The van der Waals surface area contributed by atoms with Crippen LogP contribution in [0.4, 0.5) is 5.69 Å². The van der Waals surface area contributed by atoms with Gasteiger partial charge in [0.1, 0.15) is 17.2 Å². The Morgan fingerprint density at radius 2 is 0.765 bits per heavy atom. The molecule has 0 atom stereocenters. The Morgan fingerprint density at radius 3 is 1.14 bits per heavy atom. The number of phenols is 1. The van der Waals surface area contributed by atoms with E-state index in [1.807, 2.05) is 36.4 Å². The first-order valence-electron chi connectivity index (χ1n) is 22.0. The lowest BCUT2D eigenvalue weighted by Crippen LogP contribution is -1.97. The van der Waals surface area contributed by atoms with Crippen LogP contribution < -0.4 is 9.47 Å². The van der Waals surface area contributed by atoms with Crippen LogP contribution in [0.2, 0.25) is 0 Å². The molecule has 0 spiro atoms. The van der Waals surface area contributed by atoms with Crippen LogP contribution in [0, 0.1) is 0 Å². The molecule has 0 heterocycles. The Bertz CT molecular complexity index is 1070. The van der Waals surface area contributed by atoms with E-state index in [2.05, 4.69) is 18.8 Å². The standard InChI is InChI=1S/C47H79NO3/c1-3-5-7-9-11-13-15-17-19-20-22-24-26-28-30-32-40-51-46-36-33-43(47(49)41-46)42-48-44-34-37-45(38-35-44)50-39-31-29-27-25-23-21-18-16-14-12-10-8-6-4-2/h33-38,41-42,49H,3-32,39-40H2,1-2H3. The second-order valence-electron chi connectivity index (χ2n) is 15.1. The first-order chi connectivity index (χ1) is 25.2. The predicted molar refractivity (Wildman–Crippen MR) is 223 cm³/mol. The van der Waals surface area contributed by atoms with Gasteiger partial charge in [0.25, 0.3) is 0 Å². The topological polar surface area (TPSA) is 51.0 Å². The highest BCUT2D eigenvalue weighted by Crippen LogP contribution is 2.25. The van der Waals surface area contributed by atoms with Crippen LogP contribution in [-0.2, 0) is 0 Å². The molecule has 0 aromatic heterocycles. The number of phenolic OH excluding ortho intramolecular Hbond substituents is 1. The summed E-state index contributed by atoms with van der Waals surface area (Å²) in [4.78, 5) is 4.55. The number of nitrogens with zero attached hydrogens (tertiary/aromatic N) is 1. The van der Waals surface area contributed by atoms with Gasteiger partial charge in [-0.1, -0.05) is 194 Å². The molecule has 2 aromatic carbocycles. The van der Waals surface area contributed by atoms with Gasteiger partial charge in [0.15, 0.2) is 0 Å². The van der Waals surface area contributed by atoms with E-state index >= 15 is 0 Å². The van der Waals surface area contributed by atoms with Crippen LogP contribution in [0.3, 0.4) is 0 Å².